The number of nitrogens with one attached hydrogen (secondary N) is 1. The van der Waals surface area contributed by atoms with Crippen molar-refractivity contribution >= 4 is 11.9 Å². The molecule has 1 amide bonds. The number of esters is 1. The minimum atomic E-state index is -0.591. The molecule has 31 heavy (non-hydrogen) atoms. The van der Waals surface area contributed by atoms with E-state index in [1.54, 1.807) is 12.1 Å². The molecule has 3 aromatic rings. The van der Waals surface area contributed by atoms with Gasteiger partial charge in [-0.05, 0) is 35.1 Å². The highest BCUT2D eigenvalue weighted by molar-refractivity contribution is 5.95. The Morgan fingerprint density at radius 2 is 1.71 bits per heavy atom. The van der Waals surface area contributed by atoms with Crippen LogP contribution in [-0.2, 0) is 28.0 Å². The van der Waals surface area contributed by atoms with E-state index in [1.165, 1.54) is 5.56 Å². The lowest BCUT2D eigenvalue weighted by Crippen LogP contribution is -2.30. The standard InChI is InChI=1S/C24H27N3O4/c1-5-16-6-8-17(9-7-16)22-26-20(31-27-22)15-30-21(28)14-25-23(29)18-10-12-19(13-11-18)24(2,3)4/h6-13H,5,14-15H2,1-4H3,(H,25,29). The fourth-order valence-electron chi connectivity index (χ4n) is 2.89. The van der Waals surface area contributed by atoms with E-state index < -0.39 is 5.97 Å². The first-order valence-corrected chi connectivity index (χ1v) is 10.2. The smallest absolute Gasteiger partial charge is 0.325 e. The number of rotatable bonds is 7. The Morgan fingerprint density at radius 3 is 2.32 bits per heavy atom. The third-order valence-corrected chi connectivity index (χ3v) is 4.85. The Hall–Kier alpha value is -3.48. The Labute approximate surface area is 181 Å². The van der Waals surface area contributed by atoms with Crippen molar-refractivity contribution in [2.45, 2.75) is 46.1 Å². The first kappa shape index (κ1) is 22.2. The van der Waals surface area contributed by atoms with Crippen LogP contribution in [0.4, 0.5) is 0 Å². The second-order valence-electron chi connectivity index (χ2n) is 8.23. The summed E-state index contributed by atoms with van der Waals surface area (Å²) in [5.41, 5.74) is 3.66. The number of hydrogen-bond acceptors (Lipinski definition) is 6. The van der Waals surface area contributed by atoms with E-state index in [2.05, 4.69) is 43.2 Å². The van der Waals surface area contributed by atoms with Crippen molar-refractivity contribution in [1.82, 2.24) is 15.5 Å². The summed E-state index contributed by atoms with van der Waals surface area (Å²) >= 11 is 0. The average Bonchev–Trinajstić information content (AvgIpc) is 3.24. The molecule has 162 valence electrons. The number of nitrogens with zero attached hydrogens (tertiary/aromatic N) is 2. The van der Waals surface area contributed by atoms with Gasteiger partial charge in [0.15, 0.2) is 6.61 Å². The third-order valence-electron chi connectivity index (χ3n) is 4.85. The minimum absolute atomic E-state index is 0.00633. The quantitative estimate of drug-likeness (QED) is 0.578. The summed E-state index contributed by atoms with van der Waals surface area (Å²) in [6, 6.07) is 15.2. The Morgan fingerprint density at radius 1 is 1.03 bits per heavy atom. The maximum absolute atomic E-state index is 12.2. The second kappa shape index (κ2) is 9.55. The number of ether oxygens (including phenoxy) is 1. The number of aromatic nitrogens is 2. The van der Waals surface area contributed by atoms with Gasteiger partial charge in [0.2, 0.25) is 5.82 Å². The van der Waals surface area contributed by atoms with Gasteiger partial charge in [-0.25, -0.2) is 0 Å². The van der Waals surface area contributed by atoms with E-state index in [0.717, 1.165) is 17.5 Å². The summed E-state index contributed by atoms with van der Waals surface area (Å²) in [6.45, 7) is 7.99. The topological polar surface area (TPSA) is 94.3 Å². The van der Waals surface area contributed by atoms with Gasteiger partial charge in [-0.3, -0.25) is 9.59 Å². The molecular weight excluding hydrogens is 394 g/mol. The fourth-order valence-corrected chi connectivity index (χ4v) is 2.89. The van der Waals surface area contributed by atoms with Crippen LogP contribution >= 0.6 is 0 Å². The maximum Gasteiger partial charge on any atom is 0.325 e. The van der Waals surface area contributed by atoms with E-state index in [9.17, 15) is 9.59 Å². The van der Waals surface area contributed by atoms with Crippen LogP contribution in [0.3, 0.4) is 0 Å². The van der Waals surface area contributed by atoms with Crippen molar-refractivity contribution in [2.24, 2.45) is 0 Å². The van der Waals surface area contributed by atoms with Crippen LogP contribution in [0.1, 0.15) is 55.1 Å². The molecule has 0 fully saturated rings. The zero-order valence-electron chi connectivity index (χ0n) is 18.3. The van der Waals surface area contributed by atoms with Crippen LogP contribution in [0.15, 0.2) is 53.1 Å². The lowest BCUT2D eigenvalue weighted by molar-refractivity contribution is -0.144. The van der Waals surface area contributed by atoms with Crippen LogP contribution in [0.2, 0.25) is 0 Å². The van der Waals surface area contributed by atoms with Gasteiger partial charge in [0.25, 0.3) is 11.8 Å². The predicted molar refractivity (Wildman–Crippen MR) is 116 cm³/mol. The largest absolute Gasteiger partial charge is 0.454 e. The summed E-state index contributed by atoms with van der Waals surface area (Å²) in [7, 11) is 0. The van der Waals surface area contributed by atoms with Gasteiger partial charge < -0.3 is 14.6 Å². The number of carbonyl (C=O) groups is 2. The van der Waals surface area contributed by atoms with Gasteiger partial charge in [0, 0.05) is 11.1 Å². The molecule has 0 unspecified atom stereocenters. The van der Waals surface area contributed by atoms with Crippen molar-refractivity contribution in [1.29, 1.82) is 0 Å². The number of hydrogen-bond donors (Lipinski definition) is 1. The van der Waals surface area contributed by atoms with Gasteiger partial charge in [-0.1, -0.05) is 69.2 Å². The van der Waals surface area contributed by atoms with Crippen molar-refractivity contribution in [3.63, 3.8) is 0 Å². The van der Waals surface area contributed by atoms with Crippen molar-refractivity contribution in [3.8, 4) is 11.4 Å². The van der Waals surface area contributed by atoms with Crippen LogP contribution in [0.5, 0.6) is 0 Å². The highest BCUT2D eigenvalue weighted by Crippen LogP contribution is 2.22. The highest BCUT2D eigenvalue weighted by Gasteiger charge is 2.15. The molecule has 2 aromatic carbocycles. The van der Waals surface area contributed by atoms with E-state index in [1.807, 2.05) is 36.4 Å². The van der Waals surface area contributed by atoms with E-state index in [-0.39, 0.29) is 30.4 Å². The normalized spacial score (nSPS) is 11.2. The third kappa shape index (κ3) is 6.01. The molecule has 1 aromatic heterocycles. The summed E-state index contributed by atoms with van der Waals surface area (Å²) in [6.07, 6.45) is 0.951. The zero-order chi connectivity index (χ0) is 22.4. The fraction of sp³-hybridized carbons (Fsp3) is 0.333. The summed E-state index contributed by atoms with van der Waals surface area (Å²) < 4.78 is 10.2. The van der Waals surface area contributed by atoms with Gasteiger partial charge in [-0.2, -0.15) is 4.98 Å². The summed E-state index contributed by atoms with van der Waals surface area (Å²) in [4.78, 5) is 28.4. The number of benzene rings is 2. The molecule has 0 spiro atoms. The highest BCUT2D eigenvalue weighted by atomic mass is 16.6. The van der Waals surface area contributed by atoms with Gasteiger partial charge in [0.1, 0.15) is 6.54 Å². The molecule has 1 N–H and O–H groups in total. The lowest BCUT2D eigenvalue weighted by atomic mass is 9.87. The van der Waals surface area contributed by atoms with Gasteiger partial charge in [-0.15, -0.1) is 0 Å². The predicted octanol–water partition coefficient (Wildman–Crippen LogP) is 4.07. The maximum atomic E-state index is 12.2. The molecule has 0 aliphatic carbocycles. The summed E-state index contributed by atoms with van der Waals surface area (Å²) in [5, 5.41) is 6.47. The molecule has 3 rings (SSSR count). The average molecular weight is 421 g/mol. The number of aryl methyl sites for hydroxylation is 1. The number of amides is 1. The number of carbonyl (C=O) groups excluding carboxylic acids is 2. The molecule has 7 heteroatoms. The molecular formula is C24H27N3O4. The Balaban J connectivity index is 1.47. The van der Waals surface area contributed by atoms with Crippen molar-refractivity contribution < 1.29 is 18.8 Å². The molecule has 0 saturated carbocycles. The molecule has 1 heterocycles. The van der Waals surface area contributed by atoms with Crippen LogP contribution in [0, 0.1) is 0 Å². The molecule has 0 aliphatic rings. The molecule has 0 saturated heterocycles. The molecule has 7 nitrogen and oxygen atoms in total. The molecule has 0 atom stereocenters. The first-order chi connectivity index (χ1) is 14.8. The zero-order valence-corrected chi connectivity index (χ0v) is 18.3. The minimum Gasteiger partial charge on any atom is -0.454 e. The molecule has 0 aliphatic heterocycles. The summed E-state index contributed by atoms with van der Waals surface area (Å²) in [5.74, 6) is -0.313. The second-order valence-corrected chi connectivity index (χ2v) is 8.23. The monoisotopic (exact) mass is 421 g/mol. The van der Waals surface area contributed by atoms with E-state index >= 15 is 0 Å². The van der Waals surface area contributed by atoms with Gasteiger partial charge in [0.05, 0.1) is 0 Å². The van der Waals surface area contributed by atoms with E-state index in [4.69, 9.17) is 9.26 Å². The Bertz CT molecular complexity index is 1030. The Kier molecular flexibility index (Phi) is 6.84. The van der Waals surface area contributed by atoms with Crippen LogP contribution < -0.4 is 5.32 Å². The lowest BCUT2D eigenvalue weighted by Gasteiger charge is -2.19. The SMILES string of the molecule is CCc1ccc(-c2noc(COC(=O)CNC(=O)c3ccc(C(C)(C)C)cc3)n2)cc1. The van der Waals surface area contributed by atoms with Crippen molar-refractivity contribution in [3.05, 3.63) is 71.1 Å². The molecule has 0 bridgehead atoms. The van der Waals surface area contributed by atoms with Crippen molar-refractivity contribution in [2.75, 3.05) is 6.54 Å². The van der Waals surface area contributed by atoms with E-state index in [0.29, 0.717) is 11.4 Å². The van der Waals surface area contributed by atoms with Gasteiger partial charge >= 0.3 is 5.97 Å². The van der Waals surface area contributed by atoms with Crippen LogP contribution in [-0.4, -0.2) is 28.6 Å². The molecule has 0 radical (unpaired) electrons. The first-order valence-electron chi connectivity index (χ1n) is 10.2. The van der Waals surface area contributed by atoms with Crippen LogP contribution in [0.25, 0.3) is 11.4 Å².